The second kappa shape index (κ2) is 10.9. The van der Waals surface area contributed by atoms with Gasteiger partial charge in [0.1, 0.15) is 17.6 Å². The molecule has 1 aliphatic rings. The zero-order valence-corrected chi connectivity index (χ0v) is 23.8. The second-order valence-corrected chi connectivity index (χ2v) is 11.3. The van der Waals surface area contributed by atoms with E-state index >= 15 is 0 Å². The number of fused-ring (bicyclic) bond motifs is 4. The molecule has 0 saturated heterocycles. The van der Waals surface area contributed by atoms with E-state index in [0.29, 0.717) is 46.5 Å². The third-order valence-electron chi connectivity index (χ3n) is 7.02. The largest absolute Gasteiger partial charge is 0.504 e. The zero-order valence-electron chi connectivity index (χ0n) is 22.3. The van der Waals surface area contributed by atoms with Crippen LogP contribution < -0.4 is 10.1 Å². The summed E-state index contributed by atoms with van der Waals surface area (Å²) in [5.41, 5.74) is 3.23. The number of nitrogens with zero attached hydrogens (tertiary/aromatic N) is 4. The molecule has 3 N–H and O–H groups in total. The number of benzene rings is 3. The Hall–Kier alpha value is -4.41. The fourth-order valence-corrected chi connectivity index (χ4v) is 6.20. The molecule has 208 valence electrons. The molecule has 1 atom stereocenters. The van der Waals surface area contributed by atoms with E-state index in [4.69, 9.17) is 21.3 Å². The summed E-state index contributed by atoms with van der Waals surface area (Å²) in [6.45, 7) is 2.28. The van der Waals surface area contributed by atoms with Gasteiger partial charge in [0, 0.05) is 37.7 Å². The molecule has 6 rings (SSSR count). The maximum Gasteiger partial charge on any atom is 0.222 e. The number of methoxy groups -OCH3 is 1. The molecule has 3 aromatic carbocycles. The van der Waals surface area contributed by atoms with Crippen molar-refractivity contribution < 1.29 is 19.7 Å². The summed E-state index contributed by atoms with van der Waals surface area (Å²) in [7, 11) is 1.62. The zero-order chi connectivity index (χ0) is 28.7. The van der Waals surface area contributed by atoms with Gasteiger partial charge in [-0.15, -0.1) is 21.5 Å². The molecule has 2 aromatic heterocycles. The molecule has 0 radical (unpaired) electrons. The Morgan fingerprint density at radius 1 is 1.10 bits per heavy atom. The quantitative estimate of drug-likeness (QED) is 0.216. The third-order valence-corrected chi connectivity index (χ3v) is 8.44. The SMILES string of the molecule is COc1ccc2c(c1)C(c1ccc(Cl)cc1)=NC(CC(=O)NCCc1cc3c(O)c(O)ccc3s1)c1nnc(C)n1-2. The molecular weight excluding hydrogens is 562 g/mol. The molecular formula is C30H26ClN5O4S. The fraction of sp³-hybridized carbons (Fsp3) is 0.200. The standard InChI is InChI=1S/C30H26ClN5O4S/c1-16-34-35-30-23(15-27(38)32-12-11-20-14-22-26(41-20)10-9-25(37)29(22)39)33-28(17-3-5-18(31)6-4-17)21-13-19(40-2)7-8-24(21)36(16)30/h3-10,13-14,23,37,39H,11-12,15H2,1-2H3,(H,32,38). The molecule has 41 heavy (non-hydrogen) atoms. The van der Waals surface area contributed by atoms with E-state index in [9.17, 15) is 15.0 Å². The molecule has 3 heterocycles. The van der Waals surface area contributed by atoms with E-state index in [-0.39, 0.29) is 23.8 Å². The number of aryl methyl sites for hydroxylation is 1. The molecule has 11 heteroatoms. The summed E-state index contributed by atoms with van der Waals surface area (Å²) in [4.78, 5) is 19.3. The molecule has 9 nitrogen and oxygen atoms in total. The maximum atomic E-state index is 13.2. The number of halogens is 1. The number of aromatic nitrogens is 3. The van der Waals surface area contributed by atoms with Gasteiger partial charge in [0.25, 0.3) is 0 Å². The average Bonchev–Trinajstić information content (AvgIpc) is 3.53. The van der Waals surface area contributed by atoms with Crippen molar-refractivity contribution in [2.75, 3.05) is 13.7 Å². The molecule has 0 fully saturated rings. The minimum absolute atomic E-state index is 0.0709. The van der Waals surface area contributed by atoms with Crippen molar-refractivity contribution in [3.8, 4) is 22.9 Å². The number of hydrogen-bond acceptors (Lipinski definition) is 8. The lowest BCUT2D eigenvalue weighted by atomic mass is 10.00. The first-order chi connectivity index (χ1) is 19.8. The van der Waals surface area contributed by atoms with Crippen molar-refractivity contribution in [1.29, 1.82) is 0 Å². The number of phenols is 2. The van der Waals surface area contributed by atoms with Gasteiger partial charge in [-0.3, -0.25) is 14.4 Å². The van der Waals surface area contributed by atoms with Crippen LogP contribution in [0.25, 0.3) is 15.8 Å². The number of carbonyl (C=O) groups excluding carboxylic acids is 1. The van der Waals surface area contributed by atoms with Crippen LogP contribution in [0.15, 0.2) is 65.7 Å². The van der Waals surface area contributed by atoms with Crippen molar-refractivity contribution in [2.24, 2.45) is 4.99 Å². The van der Waals surface area contributed by atoms with Gasteiger partial charge in [0.2, 0.25) is 5.91 Å². The molecule has 1 amide bonds. The smallest absolute Gasteiger partial charge is 0.222 e. The Morgan fingerprint density at radius 3 is 2.68 bits per heavy atom. The average molecular weight is 588 g/mol. The van der Waals surface area contributed by atoms with Crippen molar-refractivity contribution in [3.63, 3.8) is 0 Å². The van der Waals surface area contributed by atoms with Crippen LogP contribution in [-0.4, -0.2) is 50.3 Å². The van der Waals surface area contributed by atoms with Gasteiger partial charge in [0.05, 0.1) is 24.9 Å². The molecule has 0 aliphatic carbocycles. The minimum atomic E-state index is -0.593. The van der Waals surface area contributed by atoms with Crippen LogP contribution in [0.4, 0.5) is 0 Å². The van der Waals surface area contributed by atoms with E-state index in [1.54, 1.807) is 13.2 Å². The second-order valence-electron chi connectivity index (χ2n) is 9.69. The number of phenolic OH excluding ortho intramolecular Hbond substituents is 2. The predicted octanol–water partition coefficient (Wildman–Crippen LogP) is 5.50. The first-order valence-corrected chi connectivity index (χ1v) is 14.2. The number of carbonyl (C=O) groups is 1. The Labute approximate surface area is 244 Å². The lowest BCUT2D eigenvalue weighted by molar-refractivity contribution is -0.121. The molecule has 5 aromatic rings. The predicted molar refractivity (Wildman–Crippen MR) is 159 cm³/mol. The number of ether oxygens (including phenoxy) is 1. The Bertz CT molecular complexity index is 1810. The van der Waals surface area contributed by atoms with Crippen LogP contribution in [0.2, 0.25) is 5.02 Å². The Morgan fingerprint density at radius 2 is 1.90 bits per heavy atom. The van der Waals surface area contributed by atoms with Crippen LogP contribution in [-0.2, 0) is 11.2 Å². The summed E-state index contributed by atoms with van der Waals surface area (Å²) in [5.74, 6) is 1.48. The van der Waals surface area contributed by atoms with Crippen LogP contribution in [0.3, 0.4) is 0 Å². The van der Waals surface area contributed by atoms with Crippen molar-refractivity contribution in [3.05, 3.63) is 93.3 Å². The van der Waals surface area contributed by atoms with E-state index in [1.807, 2.05) is 60.0 Å². The fourth-order valence-electron chi connectivity index (χ4n) is 5.01. The number of aromatic hydroxyl groups is 2. The Balaban J connectivity index is 1.28. The van der Waals surface area contributed by atoms with E-state index in [1.165, 1.54) is 17.4 Å². The minimum Gasteiger partial charge on any atom is -0.504 e. The highest BCUT2D eigenvalue weighted by Gasteiger charge is 2.30. The number of aliphatic imine (C=N–C) groups is 1. The van der Waals surface area contributed by atoms with Gasteiger partial charge < -0.3 is 20.3 Å². The summed E-state index contributed by atoms with van der Waals surface area (Å²) in [6, 6.07) is 17.7. The van der Waals surface area contributed by atoms with Gasteiger partial charge in [-0.05, 0) is 61.9 Å². The number of nitrogens with one attached hydrogen (secondary N) is 1. The van der Waals surface area contributed by atoms with Gasteiger partial charge >= 0.3 is 0 Å². The first-order valence-electron chi connectivity index (χ1n) is 13.0. The molecule has 0 saturated carbocycles. The summed E-state index contributed by atoms with van der Waals surface area (Å²) < 4.78 is 8.33. The molecule has 0 bridgehead atoms. The monoisotopic (exact) mass is 587 g/mol. The lowest BCUT2D eigenvalue weighted by Crippen LogP contribution is -2.27. The maximum absolute atomic E-state index is 13.2. The van der Waals surface area contributed by atoms with E-state index in [2.05, 4.69) is 15.5 Å². The molecule has 1 unspecified atom stereocenters. The van der Waals surface area contributed by atoms with E-state index < -0.39 is 6.04 Å². The highest BCUT2D eigenvalue weighted by molar-refractivity contribution is 7.19. The van der Waals surface area contributed by atoms with Crippen molar-refractivity contribution in [1.82, 2.24) is 20.1 Å². The van der Waals surface area contributed by atoms with Crippen LogP contribution >= 0.6 is 22.9 Å². The van der Waals surface area contributed by atoms with Crippen LogP contribution in [0, 0.1) is 6.92 Å². The number of hydrogen-bond donors (Lipinski definition) is 3. The van der Waals surface area contributed by atoms with Gasteiger partial charge in [-0.25, -0.2) is 0 Å². The number of thiophene rings is 1. The van der Waals surface area contributed by atoms with Crippen molar-refractivity contribution >= 4 is 44.6 Å². The highest BCUT2D eigenvalue weighted by atomic mass is 35.5. The summed E-state index contributed by atoms with van der Waals surface area (Å²) >= 11 is 7.69. The third kappa shape index (κ3) is 5.12. The van der Waals surface area contributed by atoms with Gasteiger partial charge in [0.15, 0.2) is 17.3 Å². The summed E-state index contributed by atoms with van der Waals surface area (Å²) in [5, 5.41) is 32.9. The number of amides is 1. The molecule has 0 spiro atoms. The normalized spacial score (nSPS) is 14.2. The number of rotatable bonds is 7. The van der Waals surface area contributed by atoms with Crippen LogP contribution in [0.5, 0.6) is 17.2 Å². The van der Waals surface area contributed by atoms with Crippen LogP contribution in [0.1, 0.15) is 40.1 Å². The van der Waals surface area contributed by atoms with Crippen molar-refractivity contribution in [2.45, 2.75) is 25.8 Å². The van der Waals surface area contributed by atoms with E-state index in [0.717, 1.165) is 26.4 Å². The molecule has 1 aliphatic heterocycles. The summed E-state index contributed by atoms with van der Waals surface area (Å²) in [6.07, 6.45) is 0.650. The van der Waals surface area contributed by atoms with Gasteiger partial charge in [-0.2, -0.15) is 0 Å². The van der Waals surface area contributed by atoms with Gasteiger partial charge in [-0.1, -0.05) is 23.7 Å². The topological polar surface area (TPSA) is 122 Å². The Kier molecular flexibility index (Phi) is 7.10. The highest BCUT2D eigenvalue weighted by Crippen LogP contribution is 2.38. The lowest BCUT2D eigenvalue weighted by Gasteiger charge is -2.14. The first kappa shape index (κ1) is 26.8.